The van der Waals surface area contributed by atoms with E-state index in [9.17, 15) is 0 Å². The summed E-state index contributed by atoms with van der Waals surface area (Å²) < 4.78 is 1.92. The highest BCUT2D eigenvalue weighted by molar-refractivity contribution is 5.64. The molecule has 1 aliphatic heterocycles. The summed E-state index contributed by atoms with van der Waals surface area (Å²) >= 11 is 0. The Labute approximate surface area is 123 Å². The molecule has 1 aliphatic rings. The zero-order valence-electron chi connectivity index (χ0n) is 11.9. The second-order valence-electron chi connectivity index (χ2n) is 5.58. The highest BCUT2D eigenvalue weighted by Crippen LogP contribution is 2.24. The molecule has 4 nitrogen and oxygen atoms in total. The standard InChI is InChI=1S/C17H18N4/c1-2-4-13(5-3-1)15-6-7-16-19-17(20-21(16)12-15)14-8-10-18-11-9-14/h1-7,12,14,18H,8-11H2. The molecule has 1 N–H and O–H groups in total. The molecule has 0 aliphatic carbocycles. The Morgan fingerprint density at radius 3 is 2.57 bits per heavy atom. The smallest absolute Gasteiger partial charge is 0.155 e. The Kier molecular flexibility index (Phi) is 3.16. The molecule has 0 radical (unpaired) electrons. The predicted octanol–water partition coefficient (Wildman–Crippen LogP) is 2.86. The lowest BCUT2D eigenvalue weighted by atomic mass is 9.98. The van der Waals surface area contributed by atoms with Gasteiger partial charge in [0.1, 0.15) is 0 Å². The van der Waals surface area contributed by atoms with Gasteiger partial charge in [-0.15, -0.1) is 0 Å². The zero-order chi connectivity index (χ0) is 14.1. The fourth-order valence-electron chi connectivity index (χ4n) is 2.95. The first kappa shape index (κ1) is 12.5. The van der Waals surface area contributed by atoms with Crippen LogP contribution in [-0.2, 0) is 0 Å². The van der Waals surface area contributed by atoms with E-state index < -0.39 is 0 Å². The summed E-state index contributed by atoms with van der Waals surface area (Å²) in [4.78, 5) is 4.70. The predicted molar refractivity (Wildman–Crippen MR) is 83.3 cm³/mol. The third kappa shape index (κ3) is 2.43. The second-order valence-corrected chi connectivity index (χ2v) is 5.58. The van der Waals surface area contributed by atoms with Gasteiger partial charge in [-0.1, -0.05) is 30.3 Å². The summed E-state index contributed by atoms with van der Waals surface area (Å²) in [7, 11) is 0. The minimum Gasteiger partial charge on any atom is -0.317 e. The number of rotatable bonds is 2. The van der Waals surface area contributed by atoms with Crippen molar-refractivity contribution in [3.8, 4) is 11.1 Å². The molecule has 1 aromatic carbocycles. The summed E-state index contributed by atoms with van der Waals surface area (Å²) in [6.45, 7) is 2.13. The van der Waals surface area contributed by atoms with E-state index in [0.717, 1.165) is 37.4 Å². The van der Waals surface area contributed by atoms with Gasteiger partial charge in [-0.05, 0) is 43.6 Å². The van der Waals surface area contributed by atoms with Crippen molar-refractivity contribution in [1.29, 1.82) is 0 Å². The second kappa shape index (κ2) is 5.30. The topological polar surface area (TPSA) is 42.2 Å². The number of fused-ring (bicyclic) bond motifs is 1. The van der Waals surface area contributed by atoms with Crippen LogP contribution >= 0.6 is 0 Å². The average Bonchev–Trinajstić information content (AvgIpc) is 2.99. The highest BCUT2D eigenvalue weighted by atomic mass is 15.3. The van der Waals surface area contributed by atoms with Gasteiger partial charge in [0, 0.05) is 17.7 Å². The summed E-state index contributed by atoms with van der Waals surface area (Å²) in [5, 5.41) is 8.09. The van der Waals surface area contributed by atoms with Crippen LogP contribution in [0.3, 0.4) is 0 Å². The maximum absolute atomic E-state index is 4.70. The van der Waals surface area contributed by atoms with E-state index in [1.54, 1.807) is 0 Å². The fourth-order valence-corrected chi connectivity index (χ4v) is 2.95. The van der Waals surface area contributed by atoms with Crippen molar-refractivity contribution in [2.24, 2.45) is 0 Å². The summed E-state index contributed by atoms with van der Waals surface area (Å²) in [5.74, 6) is 1.48. The van der Waals surface area contributed by atoms with Crippen LogP contribution in [0.25, 0.3) is 16.8 Å². The Morgan fingerprint density at radius 2 is 1.76 bits per heavy atom. The summed E-state index contributed by atoms with van der Waals surface area (Å²) in [5.41, 5.74) is 3.31. The van der Waals surface area contributed by atoms with Gasteiger partial charge in [-0.3, -0.25) is 0 Å². The third-order valence-electron chi connectivity index (χ3n) is 4.16. The van der Waals surface area contributed by atoms with Gasteiger partial charge in [-0.2, -0.15) is 5.10 Å². The van der Waals surface area contributed by atoms with Crippen LogP contribution in [0.2, 0.25) is 0 Å². The van der Waals surface area contributed by atoms with E-state index in [0.29, 0.717) is 5.92 Å². The largest absolute Gasteiger partial charge is 0.317 e. The zero-order valence-corrected chi connectivity index (χ0v) is 11.9. The SMILES string of the molecule is c1ccc(-c2ccc3nc(C4CCNCC4)nn3c2)cc1. The lowest BCUT2D eigenvalue weighted by Crippen LogP contribution is -2.27. The molecule has 0 atom stereocenters. The van der Waals surface area contributed by atoms with E-state index in [4.69, 9.17) is 10.1 Å². The molecule has 2 aromatic heterocycles. The third-order valence-corrected chi connectivity index (χ3v) is 4.16. The van der Waals surface area contributed by atoms with Crippen LogP contribution in [0.15, 0.2) is 48.7 Å². The minimum absolute atomic E-state index is 0.492. The lowest BCUT2D eigenvalue weighted by molar-refractivity contribution is 0.445. The molecule has 106 valence electrons. The fraction of sp³-hybridized carbons (Fsp3) is 0.294. The Balaban J connectivity index is 1.71. The van der Waals surface area contributed by atoms with Crippen molar-refractivity contribution in [2.75, 3.05) is 13.1 Å². The Bertz CT molecular complexity index is 742. The Hall–Kier alpha value is -2.20. The number of nitrogens with zero attached hydrogens (tertiary/aromatic N) is 3. The van der Waals surface area contributed by atoms with Crippen LogP contribution in [0, 0.1) is 0 Å². The van der Waals surface area contributed by atoms with E-state index in [-0.39, 0.29) is 0 Å². The molecule has 1 fully saturated rings. The Morgan fingerprint density at radius 1 is 0.952 bits per heavy atom. The molecule has 3 aromatic rings. The number of hydrogen-bond donors (Lipinski definition) is 1. The van der Waals surface area contributed by atoms with Gasteiger partial charge >= 0.3 is 0 Å². The molecule has 0 bridgehead atoms. The molecular formula is C17H18N4. The normalized spacial score (nSPS) is 16.4. The first-order chi connectivity index (χ1) is 10.4. The molecule has 0 unspecified atom stereocenters. The molecule has 4 rings (SSSR count). The van der Waals surface area contributed by atoms with Crippen molar-refractivity contribution in [3.63, 3.8) is 0 Å². The van der Waals surface area contributed by atoms with E-state index in [2.05, 4.69) is 47.9 Å². The first-order valence-electron chi connectivity index (χ1n) is 7.52. The summed E-state index contributed by atoms with van der Waals surface area (Å²) in [6.07, 6.45) is 4.33. The number of hydrogen-bond acceptors (Lipinski definition) is 3. The van der Waals surface area contributed by atoms with Gasteiger partial charge in [0.15, 0.2) is 11.5 Å². The van der Waals surface area contributed by atoms with Gasteiger partial charge in [0.2, 0.25) is 0 Å². The molecule has 4 heteroatoms. The van der Waals surface area contributed by atoms with Crippen molar-refractivity contribution in [3.05, 3.63) is 54.5 Å². The van der Waals surface area contributed by atoms with E-state index in [1.807, 2.05) is 10.6 Å². The maximum Gasteiger partial charge on any atom is 0.155 e. The number of piperidine rings is 1. The van der Waals surface area contributed by atoms with Gasteiger partial charge in [0.05, 0.1) is 0 Å². The molecule has 3 heterocycles. The first-order valence-corrected chi connectivity index (χ1v) is 7.52. The van der Waals surface area contributed by atoms with Gasteiger partial charge in [-0.25, -0.2) is 9.50 Å². The van der Waals surface area contributed by atoms with Gasteiger partial charge in [0.25, 0.3) is 0 Å². The molecule has 0 amide bonds. The van der Waals surface area contributed by atoms with E-state index >= 15 is 0 Å². The van der Waals surface area contributed by atoms with Crippen molar-refractivity contribution in [1.82, 2.24) is 19.9 Å². The van der Waals surface area contributed by atoms with Crippen LogP contribution in [0.4, 0.5) is 0 Å². The van der Waals surface area contributed by atoms with E-state index in [1.165, 1.54) is 11.1 Å². The van der Waals surface area contributed by atoms with Crippen LogP contribution < -0.4 is 5.32 Å². The monoisotopic (exact) mass is 278 g/mol. The molecule has 0 spiro atoms. The van der Waals surface area contributed by atoms with Crippen molar-refractivity contribution < 1.29 is 0 Å². The molecule has 1 saturated heterocycles. The quantitative estimate of drug-likeness (QED) is 0.783. The number of nitrogens with one attached hydrogen (secondary N) is 1. The lowest BCUT2D eigenvalue weighted by Gasteiger charge is -2.19. The average molecular weight is 278 g/mol. The highest BCUT2D eigenvalue weighted by Gasteiger charge is 2.19. The molecule has 21 heavy (non-hydrogen) atoms. The van der Waals surface area contributed by atoms with Crippen LogP contribution in [0.1, 0.15) is 24.6 Å². The maximum atomic E-state index is 4.70. The number of aromatic nitrogens is 3. The van der Waals surface area contributed by atoms with Crippen LogP contribution in [0.5, 0.6) is 0 Å². The van der Waals surface area contributed by atoms with Crippen molar-refractivity contribution in [2.45, 2.75) is 18.8 Å². The van der Waals surface area contributed by atoms with Gasteiger partial charge < -0.3 is 5.32 Å². The molecule has 0 saturated carbocycles. The minimum atomic E-state index is 0.492. The van der Waals surface area contributed by atoms with Crippen LogP contribution in [-0.4, -0.2) is 27.7 Å². The number of benzene rings is 1. The molecular weight excluding hydrogens is 260 g/mol. The number of pyridine rings is 1. The summed E-state index contributed by atoms with van der Waals surface area (Å²) in [6, 6.07) is 14.6. The van der Waals surface area contributed by atoms with Crippen molar-refractivity contribution >= 4 is 5.65 Å².